The third-order valence-electron chi connectivity index (χ3n) is 2.71. The van der Waals surface area contributed by atoms with Crippen molar-refractivity contribution in [2.75, 3.05) is 0 Å². The van der Waals surface area contributed by atoms with Crippen molar-refractivity contribution >= 4 is 34.5 Å². The van der Waals surface area contributed by atoms with Crippen molar-refractivity contribution in [3.05, 3.63) is 40.8 Å². The number of carbonyl (C=O) groups is 1. The van der Waals surface area contributed by atoms with E-state index in [0.717, 1.165) is 6.08 Å². The van der Waals surface area contributed by atoms with E-state index >= 15 is 0 Å². The number of fused-ring (bicyclic) bond motifs is 1. The molecule has 94 valence electrons. The minimum absolute atomic E-state index is 0.343. The first-order valence-electron chi connectivity index (χ1n) is 5.43. The lowest BCUT2D eigenvalue weighted by atomic mass is 10.1. The van der Waals surface area contributed by atoms with Crippen LogP contribution in [0.1, 0.15) is 12.5 Å². The third kappa shape index (κ3) is 1.99. The van der Waals surface area contributed by atoms with Gasteiger partial charge in [-0.2, -0.15) is 0 Å². The van der Waals surface area contributed by atoms with E-state index in [0.29, 0.717) is 28.2 Å². The van der Waals surface area contributed by atoms with Gasteiger partial charge in [0.15, 0.2) is 0 Å². The molecule has 0 amide bonds. The Kier molecular flexibility index (Phi) is 3.39. The Morgan fingerprint density at radius 2 is 2.28 bits per heavy atom. The number of hydrogen-bond donors (Lipinski definition) is 1. The maximum atomic E-state index is 13.8. The second-order valence-corrected chi connectivity index (χ2v) is 4.11. The summed E-state index contributed by atoms with van der Waals surface area (Å²) < 4.78 is 15.4. The smallest absolute Gasteiger partial charge is 0.328 e. The minimum atomic E-state index is -1.07. The highest BCUT2D eigenvalue weighted by Gasteiger charge is 2.15. The van der Waals surface area contributed by atoms with Crippen LogP contribution in [0.15, 0.2) is 24.3 Å². The molecule has 0 saturated heterocycles. The predicted molar refractivity (Wildman–Crippen MR) is 69.2 cm³/mol. The van der Waals surface area contributed by atoms with Crippen LogP contribution in [0.25, 0.3) is 17.0 Å². The first-order valence-corrected chi connectivity index (χ1v) is 5.81. The molecule has 0 unspecified atom stereocenters. The van der Waals surface area contributed by atoms with Crippen LogP contribution in [-0.4, -0.2) is 15.6 Å². The van der Waals surface area contributed by atoms with E-state index in [1.165, 1.54) is 12.1 Å². The Labute approximate surface area is 108 Å². The summed E-state index contributed by atoms with van der Waals surface area (Å²) in [4.78, 5) is 10.6. The Hall–Kier alpha value is -1.81. The topological polar surface area (TPSA) is 42.2 Å². The highest BCUT2D eigenvalue weighted by Crippen LogP contribution is 2.32. The molecule has 0 atom stereocenters. The molecule has 5 heteroatoms. The number of para-hydroxylation sites is 1. The zero-order valence-corrected chi connectivity index (χ0v) is 10.4. The average Bonchev–Trinajstić information content (AvgIpc) is 2.60. The fourth-order valence-electron chi connectivity index (χ4n) is 1.97. The van der Waals surface area contributed by atoms with Gasteiger partial charge in [0.05, 0.1) is 5.52 Å². The molecule has 18 heavy (non-hydrogen) atoms. The molecule has 1 N–H and O–H groups in total. The normalized spacial score (nSPS) is 11.5. The van der Waals surface area contributed by atoms with E-state index in [4.69, 9.17) is 16.7 Å². The molecule has 0 radical (unpaired) electrons. The van der Waals surface area contributed by atoms with Gasteiger partial charge in [0, 0.05) is 23.6 Å². The van der Waals surface area contributed by atoms with Gasteiger partial charge in [-0.05, 0) is 19.1 Å². The second-order valence-electron chi connectivity index (χ2n) is 3.76. The Morgan fingerprint density at radius 3 is 2.89 bits per heavy atom. The summed E-state index contributed by atoms with van der Waals surface area (Å²) >= 11 is 6.16. The number of halogens is 2. The van der Waals surface area contributed by atoms with Crippen molar-refractivity contribution in [2.45, 2.75) is 13.5 Å². The molecule has 0 saturated carbocycles. The van der Waals surface area contributed by atoms with Crippen molar-refractivity contribution in [2.24, 2.45) is 0 Å². The largest absolute Gasteiger partial charge is 0.478 e. The first-order chi connectivity index (χ1) is 8.56. The van der Waals surface area contributed by atoms with Crippen LogP contribution in [0.3, 0.4) is 0 Å². The van der Waals surface area contributed by atoms with E-state index in [1.807, 2.05) is 6.92 Å². The molecular weight excluding hydrogens is 257 g/mol. The lowest BCUT2D eigenvalue weighted by Crippen LogP contribution is -1.95. The van der Waals surface area contributed by atoms with Crippen molar-refractivity contribution in [1.29, 1.82) is 0 Å². The molecule has 1 heterocycles. The quantitative estimate of drug-likeness (QED) is 0.864. The van der Waals surface area contributed by atoms with E-state index in [-0.39, 0.29) is 5.82 Å². The molecule has 2 aromatic rings. The molecule has 0 bridgehead atoms. The number of aliphatic carboxylic acids is 1. The van der Waals surface area contributed by atoms with Gasteiger partial charge in [-0.25, -0.2) is 9.18 Å². The zero-order chi connectivity index (χ0) is 13.3. The lowest BCUT2D eigenvalue weighted by molar-refractivity contribution is -0.131. The summed E-state index contributed by atoms with van der Waals surface area (Å²) in [7, 11) is 0. The van der Waals surface area contributed by atoms with E-state index in [9.17, 15) is 9.18 Å². The summed E-state index contributed by atoms with van der Waals surface area (Å²) in [5, 5.41) is 9.60. The number of aryl methyl sites for hydroxylation is 1. The summed E-state index contributed by atoms with van der Waals surface area (Å²) in [6.07, 6.45) is 2.38. The molecule has 2 rings (SSSR count). The SMILES string of the molecule is CCn1c(Cl)c(/C=C/C(=O)O)c2cccc(F)c21. The van der Waals surface area contributed by atoms with Gasteiger partial charge in [-0.15, -0.1) is 0 Å². The van der Waals surface area contributed by atoms with Crippen molar-refractivity contribution < 1.29 is 14.3 Å². The van der Waals surface area contributed by atoms with Gasteiger partial charge in [0.2, 0.25) is 0 Å². The van der Waals surface area contributed by atoms with Crippen molar-refractivity contribution in [3.63, 3.8) is 0 Å². The van der Waals surface area contributed by atoms with E-state index < -0.39 is 5.97 Å². The molecule has 3 nitrogen and oxygen atoms in total. The number of benzene rings is 1. The summed E-state index contributed by atoms with van der Waals surface area (Å²) in [5.41, 5.74) is 0.922. The van der Waals surface area contributed by atoms with Gasteiger partial charge in [-0.3, -0.25) is 0 Å². The highest BCUT2D eigenvalue weighted by atomic mass is 35.5. The van der Waals surface area contributed by atoms with Crippen molar-refractivity contribution in [3.8, 4) is 0 Å². The average molecular weight is 268 g/mol. The molecule has 0 fully saturated rings. The van der Waals surface area contributed by atoms with Crippen LogP contribution < -0.4 is 0 Å². The van der Waals surface area contributed by atoms with Gasteiger partial charge in [0.25, 0.3) is 0 Å². The number of aromatic nitrogens is 1. The lowest BCUT2D eigenvalue weighted by Gasteiger charge is -2.02. The van der Waals surface area contributed by atoms with Crippen LogP contribution in [0.5, 0.6) is 0 Å². The van der Waals surface area contributed by atoms with Crippen LogP contribution in [0.2, 0.25) is 5.15 Å². The molecule has 1 aromatic heterocycles. The Bertz CT molecular complexity index is 646. The van der Waals surface area contributed by atoms with Gasteiger partial charge in [-0.1, -0.05) is 23.7 Å². The summed E-state index contributed by atoms with van der Waals surface area (Å²) in [6, 6.07) is 4.65. The third-order valence-corrected chi connectivity index (χ3v) is 3.12. The Morgan fingerprint density at radius 1 is 1.56 bits per heavy atom. The van der Waals surface area contributed by atoms with Crippen LogP contribution in [-0.2, 0) is 11.3 Å². The van der Waals surface area contributed by atoms with Gasteiger partial charge < -0.3 is 9.67 Å². The van der Waals surface area contributed by atoms with Crippen LogP contribution >= 0.6 is 11.6 Å². The molecule has 0 aliphatic rings. The number of rotatable bonds is 3. The monoisotopic (exact) mass is 267 g/mol. The fraction of sp³-hybridized carbons (Fsp3) is 0.154. The molecule has 0 aliphatic carbocycles. The predicted octanol–water partition coefficient (Wildman–Crippen LogP) is 3.55. The molecule has 0 spiro atoms. The van der Waals surface area contributed by atoms with E-state index in [1.54, 1.807) is 16.7 Å². The highest BCUT2D eigenvalue weighted by molar-refractivity contribution is 6.33. The summed E-state index contributed by atoms with van der Waals surface area (Å²) in [6.45, 7) is 2.36. The second kappa shape index (κ2) is 4.82. The molecular formula is C13H11ClFNO2. The number of carboxylic acid groups (broad SMARTS) is 1. The van der Waals surface area contributed by atoms with Gasteiger partial charge >= 0.3 is 5.97 Å². The van der Waals surface area contributed by atoms with Crippen molar-refractivity contribution in [1.82, 2.24) is 4.57 Å². The number of nitrogens with zero attached hydrogens (tertiary/aromatic N) is 1. The summed E-state index contributed by atoms with van der Waals surface area (Å²) in [5.74, 6) is -1.44. The zero-order valence-electron chi connectivity index (χ0n) is 9.65. The molecule has 1 aromatic carbocycles. The molecule has 0 aliphatic heterocycles. The number of carboxylic acids is 1. The fourth-order valence-corrected chi connectivity index (χ4v) is 2.34. The first kappa shape index (κ1) is 12.6. The maximum absolute atomic E-state index is 13.8. The van der Waals surface area contributed by atoms with E-state index in [2.05, 4.69) is 0 Å². The minimum Gasteiger partial charge on any atom is -0.478 e. The maximum Gasteiger partial charge on any atom is 0.328 e. The van der Waals surface area contributed by atoms with Crippen LogP contribution in [0, 0.1) is 5.82 Å². The Balaban J connectivity index is 2.77. The van der Waals surface area contributed by atoms with Gasteiger partial charge in [0.1, 0.15) is 11.0 Å². The standard InChI is InChI=1S/C13H11ClFNO2/c1-2-16-12-8(4-3-5-10(12)15)9(13(16)14)6-7-11(17)18/h3-7H,2H2,1H3,(H,17,18)/b7-6+. The van der Waals surface area contributed by atoms with Crippen LogP contribution in [0.4, 0.5) is 4.39 Å². The number of hydrogen-bond acceptors (Lipinski definition) is 1.